The second-order valence-corrected chi connectivity index (χ2v) is 6.88. The monoisotopic (exact) mass is 316 g/mol. The Hall–Kier alpha value is -1.55. The molecule has 1 aromatic rings. The van der Waals surface area contributed by atoms with Crippen molar-refractivity contribution in [1.82, 2.24) is 10.2 Å². The van der Waals surface area contributed by atoms with Gasteiger partial charge in [0.25, 0.3) is 0 Å². The van der Waals surface area contributed by atoms with Gasteiger partial charge >= 0.3 is 6.03 Å². The molecule has 2 atom stereocenters. The van der Waals surface area contributed by atoms with E-state index in [4.69, 9.17) is 4.74 Å². The zero-order chi connectivity index (χ0) is 16.2. The predicted molar refractivity (Wildman–Crippen MR) is 91.4 cm³/mol. The third kappa shape index (κ3) is 4.25. The van der Waals surface area contributed by atoms with E-state index in [9.17, 15) is 4.79 Å². The molecule has 126 valence electrons. The van der Waals surface area contributed by atoms with Gasteiger partial charge in [0.15, 0.2) is 0 Å². The predicted octanol–water partition coefficient (Wildman–Crippen LogP) is 3.52. The van der Waals surface area contributed by atoms with E-state index in [1.54, 1.807) is 0 Å². The van der Waals surface area contributed by atoms with E-state index in [1.165, 1.54) is 5.56 Å². The van der Waals surface area contributed by atoms with Crippen LogP contribution >= 0.6 is 0 Å². The molecule has 1 N–H and O–H groups in total. The molecule has 1 saturated carbocycles. The van der Waals surface area contributed by atoms with E-state index in [0.717, 1.165) is 51.0 Å². The van der Waals surface area contributed by atoms with Crippen LogP contribution in [0.3, 0.4) is 0 Å². The van der Waals surface area contributed by atoms with Crippen molar-refractivity contribution in [3.8, 4) is 0 Å². The second kappa shape index (κ2) is 7.35. The summed E-state index contributed by atoms with van der Waals surface area (Å²) in [4.78, 5) is 14.7. The third-order valence-corrected chi connectivity index (χ3v) is 4.96. The highest BCUT2D eigenvalue weighted by atomic mass is 16.5. The quantitative estimate of drug-likeness (QED) is 0.872. The largest absolute Gasteiger partial charge is 0.381 e. The van der Waals surface area contributed by atoms with Crippen molar-refractivity contribution < 1.29 is 9.53 Å². The van der Waals surface area contributed by atoms with Gasteiger partial charge in [0.1, 0.15) is 0 Å². The highest BCUT2D eigenvalue weighted by Crippen LogP contribution is 2.29. The van der Waals surface area contributed by atoms with Crippen LogP contribution in [0.5, 0.6) is 0 Å². The molecule has 0 aromatic heterocycles. The summed E-state index contributed by atoms with van der Waals surface area (Å²) in [5.74, 6) is 0.500. The molecule has 0 bridgehead atoms. The molecule has 1 aliphatic carbocycles. The fraction of sp³-hybridized carbons (Fsp3) is 0.632. The highest BCUT2D eigenvalue weighted by Gasteiger charge is 2.35. The Morgan fingerprint density at radius 3 is 2.61 bits per heavy atom. The molecule has 2 amide bonds. The van der Waals surface area contributed by atoms with Crippen LogP contribution in [-0.2, 0) is 11.2 Å². The number of aryl methyl sites for hydroxylation is 1. The van der Waals surface area contributed by atoms with E-state index >= 15 is 0 Å². The third-order valence-electron chi connectivity index (χ3n) is 4.96. The van der Waals surface area contributed by atoms with Gasteiger partial charge in [-0.1, -0.05) is 31.2 Å². The molecule has 4 heteroatoms. The lowest BCUT2D eigenvalue weighted by Gasteiger charge is -2.27. The molecular formula is C19H28N2O2. The second-order valence-electron chi connectivity index (χ2n) is 6.88. The number of urea groups is 1. The number of carbonyl (C=O) groups is 1. The molecule has 1 aromatic carbocycles. The summed E-state index contributed by atoms with van der Waals surface area (Å²) in [6, 6.07) is 9.08. The number of amides is 2. The van der Waals surface area contributed by atoms with Crippen LogP contribution in [-0.4, -0.2) is 36.7 Å². The normalized spacial score (nSPS) is 21.9. The highest BCUT2D eigenvalue weighted by molar-refractivity contribution is 5.75. The number of carbonyl (C=O) groups excluding carboxylic acids is 1. The molecule has 0 spiro atoms. The number of hydrogen-bond donors (Lipinski definition) is 1. The van der Waals surface area contributed by atoms with Crippen molar-refractivity contribution >= 4 is 6.03 Å². The molecule has 2 fully saturated rings. The van der Waals surface area contributed by atoms with E-state index in [0.29, 0.717) is 12.0 Å². The number of benzene rings is 1. The fourth-order valence-corrected chi connectivity index (χ4v) is 3.18. The smallest absolute Gasteiger partial charge is 0.318 e. The first kappa shape index (κ1) is 16.3. The maximum atomic E-state index is 12.7. The Morgan fingerprint density at radius 2 is 2.04 bits per heavy atom. The van der Waals surface area contributed by atoms with Gasteiger partial charge in [-0.05, 0) is 43.7 Å². The van der Waals surface area contributed by atoms with Gasteiger partial charge in [-0.2, -0.15) is 0 Å². The standard InChI is InChI=1S/C19H28N2O2/c1-3-15-4-6-17(7-5-15)14(2)20-19(22)21(18-8-9-18)12-16-10-11-23-13-16/h4-7,14,16,18H,3,8-13H2,1-2H3,(H,20,22). The van der Waals surface area contributed by atoms with Crippen molar-refractivity contribution in [2.45, 2.75) is 51.6 Å². The average Bonchev–Trinajstić information content (AvgIpc) is 3.28. The topological polar surface area (TPSA) is 41.6 Å². The zero-order valence-electron chi connectivity index (χ0n) is 14.3. The molecule has 1 aliphatic heterocycles. The molecule has 23 heavy (non-hydrogen) atoms. The summed E-state index contributed by atoms with van der Waals surface area (Å²) < 4.78 is 5.45. The number of rotatable bonds is 6. The van der Waals surface area contributed by atoms with Gasteiger partial charge in [0, 0.05) is 25.1 Å². The van der Waals surface area contributed by atoms with Crippen molar-refractivity contribution in [2.75, 3.05) is 19.8 Å². The SMILES string of the molecule is CCc1ccc(C(C)NC(=O)N(CC2CCOC2)C2CC2)cc1. The summed E-state index contributed by atoms with van der Waals surface area (Å²) in [6.45, 7) is 6.68. The van der Waals surface area contributed by atoms with Crippen LogP contribution in [0.4, 0.5) is 4.79 Å². The van der Waals surface area contributed by atoms with E-state index in [1.807, 2.05) is 4.90 Å². The maximum Gasteiger partial charge on any atom is 0.318 e. The van der Waals surface area contributed by atoms with Crippen LogP contribution in [0.15, 0.2) is 24.3 Å². The number of ether oxygens (including phenoxy) is 1. The average molecular weight is 316 g/mol. The molecule has 4 nitrogen and oxygen atoms in total. The Balaban J connectivity index is 1.58. The van der Waals surface area contributed by atoms with Gasteiger partial charge < -0.3 is 15.0 Å². The molecule has 0 radical (unpaired) electrons. The van der Waals surface area contributed by atoms with Crippen LogP contribution in [0.25, 0.3) is 0 Å². The minimum absolute atomic E-state index is 0.0366. The molecular weight excluding hydrogens is 288 g/mol. The Morgan fingerprint density at radius 1 is 1.30 bits per heavy atom. The van der Waals surface area contributed by atoms with Gasteiger partial charge in [-0.25, -0.2) is 4.79 Å². The zero-order valence-corrected chi connectivity index (χ0v) is 14.3. The minimum atomic E-state index is 0.0366. The van der Waals surface area contributed by atoms with Crippen molar-refractivity contribution in [3.63, 3.8) is 0 Å². The van der Waals surface area contributed by atoms with Crippen LogP contribution in [0, 0.1) is 5.92 Å². The van der Waals surface area contributed by atoms with Crippen molar-refractivity contribution in [1.29, 1.82) is 0 Å². The summed E-state index contributed by atoms with van der Waals surface area (Å²) in [5.41, 5.74) is 2.49. The molecule has 1 heterocycles. The first-order chi connectivity index (χ1) is 11.2. The Bertz CT molecular complexity index is 519. The first-order valence-electron chi connectivity index (χ1n) is 8.91. The molecule has 1 saturated heterocycles. The van der Waals surface area contributed by atoms with Gasteiger partial charge in [-0.3, -0.25) is 0 Å². The minimum Gasteiger partial charge on any atom is -0.381 e. The van der Waals surface area contributed by atoms with Gasteiger partial charge in [0.05, 0.1) is 12.6 Å². The molecule has 2 aliphatic rings. The number of hydrogen-bond acceptors (Lipinski definition) is 2. The van der Waals surface area contributed by atoms with Gasteiger partial charge in [-0.15, -0.1) is 0 Å². The van der Waals surface area contributed by atoms with Crippen LogP contribution < -0.4 is 5.32 Å². The summed E-state index contributed by atoms with van der Waals surface area (Å²) in [6.07, 6.45) is 4.39. The Kier molecular flexibility index (Phi) is 5.21. The van der Waals surface area contributed by atoms with Crippen molar-refractivity contribution in [3.05, 3.63) is 35.4 Å². The lowest BCUT2D eigenvalue weighted by Crippen LogP contribution is -2.44. The van der Waals surface area contributed by atoms with Crippen LogP contribution in [0.2, 0.25) is 0 Å². The van der Waals surface area contributed by atoms with E-state index in [-0.39, 0.29) is 12.1 Å². The van der Waals surface area contributed by atoms with Crippen LogP contribution in [0.1, 0.15) is 50.3 Å². The summed E-state index contributed by atoms with van der Waals surface area (Å²) in [5, 5.41) is 3.18. The van der Waals surface area contributed by atoms with Gasteiger partial charge in [0.2, 0.25) is 0 Å². The molecule has 2 unspecified atom stereocenters. The number of nitrogens with one attached hydrogen (secondary N) is 1. The first-order valence-corrected chi connectivity index (χ1v) is 8.91. The van der Waals surface area contributed by atoms with Crippen molar-refractivity contribution in [2.24, 2.45) is 5.92 Å². The lowest BCUT2D eigenvalue weighted by molar-refractivity contribution is 0.161. The van der Waals surface area contributed by atoms with E-state index in [2.05, 4.69) is 43.4 Å². The number of nitrogens with zero attached hydrogens (tertiary/aromatic N) is 1. The lowest BCUT2D eigenvalue weighted by atomic mass is 10.1. The summed E-state index contributed by atoms with van der Waals surface area (Å²) in [7, 11) is 0. The Labute approximate surface area is 139 Å². The molecule has 3 rings (SSSR count). The fourth-order valence-electron chi connectivity index (χ4n) is 3.18. The maximum absolute atomic E-state index is 12.7. The summed E-state index contributed by atoms with van der Waals surface area (Å²) >= 11 is 0. The van der Waals surface area contributed by atoms with E-state index < -0.39 is 0 Å².